The second-order valence-electron chi connectivity index (χ2n) is 4.74. The Labute approximate surface area is 122 Å². The van der Waals surface area contributed by atoms with Crippen LogP contribution in [0.3, 0.4) is 0 Å². The van der Waals surface area contributed by atoms with Gasteiger partial charge < -0.3 is 20.8 Å². The van der Waals surface area contributed by atoms with Crippen LogP contribution in [-0.2, 0) is 11.3 Å². The van der Waals surface area contributed by atoms with Crippen LogP contribution >= 0.6 is 0 Å². The van der Waals surface area contributed by atoms with Gasteiger partial charge in [0.15, 0.2) is 5.76 Å². The summed E-state index contributed by atoms with van der Waals surface area (Å²) in [4.78, 5) is 24.9. The number of nitrogen functional groups attached to an aromatic ring is 1. The van der Waals surface area contributed by atoms with E-state index in [1.165, 1.54) is 4.90 Å². The third-order valence-corrected chi connectivity index (χ3v) is 3.00. The van der Waals surface area contributed by atoms with Gasteiger partial charge in [0, 0.05) is 12.2 Å². The maximum atomic E-state index is 12.4. The summed E-state index contributed by atoms with van der Waals surface area (Å²) in [5.41, 5.74) is 12.4. The minimum absolute atomic E-state index is 0.170. The number of aryl methyl sites for hydroxylation is 1. The zero-order chi connectivity index (χ0) is 15.4. The number of hydrogen-bond acceptors (Lipinski definition) is 4. The lowest BCUT2D eigenvalue weighted by atomic mass is 10.1. The van der Waals surface area contributed by atoms with Gasteiger partial charge in [-0.25, -0.2) is 0 Å². The van der Waals surface area contributed by atoms with Gasteiger partial charge in [-0.15, -0.1) is 0 Å². The lowest BCUT2D eigenvalue weighted by Gasteiger charge is -2.21. The molecule has 110 valence electrons. The number of primary amides is 1. The molecule has 0 fully saturated rings. The summed E-state index contributed by atoms with van der Waals surface area (Å²) in [6.07, 6.45) is 0. The van der Waals surface area contributed by atoms with Crippen molar-refractivity contribution in [3.05, 3.63) is 53.5 Å². The second-order valence-corrected chi connectivity index (χ2v) is 4.74. The molecule has 21 heavy (non-hydrogen) atoms. The number of hydrogen-bond donors (Lipinski definition) is 2. The number of nitrogens with zero attached hydrogens (tertiary/aromatic N) is 1. The van der Waals surface area contributed by atoms with Gasteiger partial charge in [0.1, 0.15) is 12.3 Å². The number of amides is 2. The largest absolute Gasteiger partial charge is 0.456 e. The first-order chi connectivity index (χ1) is 9.97. The van der Waals surface area contributed by atoms with Crippen LogP contribution in [-0.4, -0.2) is 23.3 Å². The monoisotopic (exact) mass is 287 g/mol. The highest BCUT2D eigenvalue weighted by molar-refractivity contribution is 5.94. The Morgan fingerprint density at radius 3 is 2.48 bits per heavy atom. The van der Waals surface area contributed by atoms with E-state index in [2.05, 4.69) is 0 Å². The molecule has 0 aliphatic rings. The van der Waals surface area contributed by atoms with Crippen LogP contribution < -0.4 is 11.5 Å². The molecular formula is C15H17N3O3. The molecule has 1 aromatic carbocycles. The molecule has 0 saturated heterocycles. The molecule has 1 heterocycles. The quantitative estimate of drug-likeness (QED) is 0.809. The van der Waals surface area contributed by atoms with E-state index in [1.54, 1.807) is 37.3 Å². The number of rotatable bonds is 5. The third-order valence-electron chi connectivity index (χ3n) is 3.00. The highest BCUT2D eigenvalue weighted by atomic mass is 16.3. The number of benzene rings is 1. The Morgan fingerprint density at radius 1 is 1.19 bits per heavy atom. The molecule has 1 aromatic heterocycles. The highest BCUT2D eigenvalue weighted by Gasteiger charge is 2.21. The molecular weight excluding hydrogens is 270 g/mol. The first-order valence-corrected chi connectivity index (χ1v) is 6.45. The van der Waals surface area contributed by atoms with Crippen molar-refractivity contribution in [2.75, 3.05) is 12.3 Å². The van der Waals surface area contributed by atoms with Gasteiger partial charge in [0.25, 0.3) is 5.91 Å². The average molecular weight is 287 g/mol. The van der Waals surface area contributed by atoms with Crippen LogP contribution in [0.25, 0.3) is 0 Å². The van der Waals surface area contributed by atoms with Crippen LogP contribution in [0.15, 0.2) is 40.8 Å². The molecule has 0 radical (unpaired) electrons. The molecule has 0 unspecified atom stereocenters. The van der Waals surface area contributed by atoms with Gasteiger partial charge in [-0.05, 0) is 30.7 Å². The van der Waals surface area contributed by atoms with Crippen molar-refractivity contribution in [3.63, 3.8) is 0 Å². The van der Waals surface area contributed by atoms with E-state index in [0.717, 1.165) is 5.56 Å². The molecule has 0 aliphatic carbocycles. The number of furan rings is 1. The maximum absolute atomic E-state index is 12.4. The molecule has 2 aromatic rings. The summed E-state index contributed by atoms with van der Waals surface area (Å²) in [5, 5.41) is 0. The second kappa shape index (κ2) is 6.13. The lowest BCUT2D eigenvalue weighted by Crippen LogP contribution is -2.38. The Kier molecular flexibility index (Phi) is 4.27. The van der Waals surface area contributed by atoms with Crippen molar-refractivity contribution in [2.24, 2.45) is 5.73 Å². The fourth-order valence-electron chi connectivity index (χ4n) is 1.98. The van der Waals surface area contributed by atoms with Gasteiger partial charge >= 0.3 is 0 Å². The van der Waals surface area contributed by atoms with Gasteiger partial charge in [0.05, 0.1) is 0 Å². The minimum Gasteiger partial charge on any atom is -0.456 e. The van der Waals surface area contributed by atoms with Crippen molar-refractivity contribution in [1.29, 1.82) is 0 Å². The Bertz CT molecular complexity index is 664. The van der Waals surface area contributed by atoms with Gasteiger partial charge in [-0.3, -0.25) is 9.59 Å². The molecule has 4 N–H and O–H groups in total. The van der Waals surface area contributed by atoms with Crippen LogP contribution in [0.4, 0.5) is 5.69 Å². The van der Waals surface area contributed by atoms with Crippen LogP contribution in [0.2, 0.25) is 0 Å². The van der Waals surface area contributed by atoms with Crippen LogP contribution in [0, 0.1) is 6.92 Å². The average Bonchev–Trinajstić information content (AvgIpc) is 2.86. The smallest absolute Gasteiger partial charge is 0.290 e. The van der Waals surface area contributed by atoms with Gasteiger partial charge in [-0.1, -0.05) is 18.2 Å². The van der Waals surface area contributed by atoms with E-state index >= 15 is 0 Å². The van der Waals surface area contributed by atoms with Gasteiger partial charge in [-0.2, -0.15) is 0 Å². The maximum Gasteiger partial charge on any atom is 0.290 e. The zero-order valence-corrected chi connectivity index (χ0v) is 11.7. The van der Waals surface area contributed by atoms with E-state index in [4.69, 9.17) is 15.9 Å². The number of nitrogens with two attached hydrogens (primary N) is 2. The Hall–Kier alpha value is -2.76. The van der Waals surface area contributed by atoms with Crippen LogP contribution in [0.5, 0.6) is 0 Å². The summed E-state index contributed by atoms with van der Waals surface area (Å²) < 4.78 is 5.30. The van der Waals surface area contributed by atoms with E-state index in [0.29, 0.717) is 11.4 Å². The number of carbonyl (C=O) groups excluding carboxylic acids is 2. The third kappa shape index (κ3) is 3.62. The summed E-state index contributed by atoms with van der Waals surface area (Å²) in [6, 6.07) is 10.4. The predicted octanol–water partition coefficient (Wildman–Crippen LogP) is 1.30. The predicted molar refractivity (Wildman–Crippen MR) is 78.2 cm³/mol. The van der Waals surface area contributed by atoms with E-state index < -0.39 is 11.8 Å². The molecule has 6 nitrogen and oxygen atoms in total. The van der Waals surface area contributed by atoms with Gasteiger partial charge in [0.2, 0.25) is 5.91 Å². The summed E-state index contributed by atoms with van der Waals surface area (Å²) in [7, 11) is 0. The molecule has 0 spiro atoms. The van der Waals surface area contributed by atoms with Crippen molar-refractivity contribution < 1.29 is 14.0 Å². The van der Waals surface area contributed by atoms with Crippen molar-refractivity contribution in [1.82, 2.24) is 4.90 Å². The normalized spacial score (nSPS) is 10.3. The fraction of sp³-hybridized carbons (Fsp3) is 0.200. The molecule has 0 aliphatic heterocycles. The van der Waals surface area contributed by atoms with Crippen molar-refractivity contribution in [2.45, 2.75) is 13.5 Å². The number of carbonyl (C=O) groups is 2. The number of para-hydroxylation sites is 1. The van der Waals surface area contributed by atoms with Crippen molar-refractivity contribution in [3.8, 4) is 0 Å². The van der Waals surface area contributed by atoms with Crippen LogP contribution in [0.1, 0.15) is 21.9 Å². The molecule has 2 amide bonds. The standard InChI is InChI=1S/C15H17N3O3/c1-10-6-7-13(21-10)15(20)18(9-14(17)19)8-11-4-2-3-5-12(11)16/h2-7H,8-9,16H2,1H3,(H2,17,19). The first-order valence-electron chi connectivity index (χ1n) is 6.45. The Morgan fingerprint density at radius 2 is 1.90 bits per heavy atom. The zero-order valence-electron chi connectivity index (χ0n) is 11.7. The molecule has 0 bridgehead atoms. The Balaban J connectivity index is 2.24. The van der Waals surface area contributed by atoms with Crippen molar-refractivity contribution >= 4 is 17.5 Å². The molecule has 0 saturated carbocycles. The topological polar surface area (TPSA) is 103 Å². The van der Waals surface area contributed by atoms with E-state index in [-0.39, 0.29) is 18.8 Å². The summed E-state index contributed by atoms with van der Waals surface area (Å²) in [6.45, 7) is 1.73. The molecule has 2 rings (SSSR count). The van der Waals surface area contributed by atoms with E-state index in [1.807, 2.05) is 6.07 Å². The first kappa shape index (κ1) is 14.6. The lowest BCUT2D eigenvalue weighted by molar-refractivity contribution is -0.118. The number of anilines is 1. The fourth-order valence-corrected chi connectivity index (χ4v) is 1.98. The minimum atomic E-state index is -0.596. The summed E-state index contributed by atoms with van der Waals surface area (Å²) >= 11 is 0. The van der Waals surface area contributed by atoms with E-state index in [9.17, 15) is 9.59 Å². The molecule has 0 atom stereocenters. The highest BCUT2D eigenvalue weighted by Crippen LogP contribution is 2.16. The SMILES string of the molecule is Cc1ccc(C(=O)N(CC(N)=O)Cc2ccccc2N)o1. The summed E-state index contributed by atoms with van der Waals surface area (Å²) in [5.74, 6) is -0.203. The molecule has 6 heteroatoms.